The van der Waals surface area contributed by atoms with Gasteiger partial charge in [0.1, 0.15) is 0 Å². The summed E-state index contributed by atoms with van der Waals surface area (Å²) in [4.78, 5) is 28.3. The van der Waals surface area contributed by atoms with E-state index in [1.807, 2.05) is 29.8 Å². The van der Waals surface area contributed by atoms with E-state index in [9.17, 15) is 4.79 Å². The molecule has 0 radical (unpaired) electrons. The SMILES string of the molecule is O=c1[nH]c(-c2cccs2)nc2c1CN(Cc1cccnc1-c1ccsc1)CC2. The van der Waals surface area contributed by atoms with E-state index < -0.39 is 0 Å². The van der Waals surface area contributed by atoms with Crippen molar-refractivity contribution in [3.63, 3.8) is 0 Å². The highest BCUT2D eigenvalue weighted by atomic mass is 32.1. The van der Waals surface area contributed by atoms with Crippen LogP contribution in [0.15, 0.2) is 57.5 Å². The molecule has 4 aromatic rings. The van der Waals surface area contributed by atoms with Crippen molar-refractivity contribution < 1.29 is 0 Å². The number of hydrogen-bond donors (Lipinski definition) is 1. The summed E-state index contributed by atoms with van der Waals surface area (Å²) >= 11 is 3.26. The molecule has 5 nitrogen and oxygen atoms in total. The second-order valence-corrected chi connectivity index (χ2v) is 8.53. The maximum atomic E-state index is 12.7. The van der Waals surface area contributed by atoms with Crippen LogP contribution in [-0.2, 0) is 19.5 Å². The van der Waals surface area contributed by atoms with Crippen molar-refractivity contribution >= 4 is 22.7 Å². The standard InChI is InChI=1S/C21H18N4OS2/c26-21-16-12-25(8-5-17(16)23-20(24-21)18-4-2-9-28-18)11-14-3-1-7-22-19(14)15-6-10-27-13-15/h1-4,6-7,9-10,13H,5,8,11-12H2,(H,23,24,26). The van der Waals surface area contributed by atoms with E-state index >= 15 is 0 Å². The van der Waals surface area contributed by atoms with Crippen LogP contribution in [0.5, 0.6) is 0 Å². The number of H-pyrrole nitrogens is 1. The number of nitrogens with one attached hydrogen (secondary N) is 1. The number of nitrogens with zero attached hydrogens (tertiary/aromatic N) is 3. The van der Waals surface area contributed by atoms with E-state index in [-0.39, 0.29) is 5.56 Å². The molecule has 0 spiro atoms. The Morgan fingerprint density at radius 3 is 2.96 bits per heavy atom. The van der Waals surface area contributed by atoms with Crippen molar-refractivity contribution in [2.24, 2.45) is 0 Å². The molecule has 140 valence electrons. The van der Waals surface area contributed by atoms with Crippen LogP contribution in [0.2, 0.25) is 0 Å². The lowest BCUT2D eigenvalue weighted by Gasteiger charge is -2.28. The first-order chi connectivity index (χ1) is 13.8. The van der Waals surface area contributed by atoms with Crippen molar-refractivity contribution in [2.75, 3.05) is 6.54 Å². The van der Waals surface area contributed by atoms with Crippen LogP contribution in [0, 0.1) is 0 Å². The lowest BCUT2D eigenvalue weighted by atomic mass is 10.0. The van der Waals surface area contributed by atoms with Gasteiger partial charge in [0.25, 0.3) is 5.56 Å². The minimum Gasteiger partial charge on any atom is -0.306 e. The highest BCUT2D eigenvalue weighted by molar-refractivity contribution is 7.13. The molecular weight excluding hydrogens is 388 g/mol. The van der Waals surface area contributed by atoms with Gasteiger partial charge in [-0.1, -0.05) is 12.1 Å². The zero-order valence-electron chi connectivity index (χ0n) is 15.1. The number of thiophene rings is 2. The quantitative estimate of drug-likeness (QED) is 0.552. The smallest absolute Gasteiger partial charge is 0.255 e. The van der Waals surface area contributed by atoms with Crippen LogP contribution in [-0.4, -0.2) is 26.4 Å². The Labute approximate surface area is 170 Å². The first kappa shape index (κ1) is 17.5. The van der Waals surface area contributed by atoms with Crippen molar-refractivity contribution in [3.05, 3.63) is 79.8 Å². The molecule has 0 saturated carbocycles. The van der Waals surface area contributed by atoms with Gasteiger partial charge in [-0.05, 0) is 34.5 Å². The summed E-state index contributed by atoms with van der Waals surface area (Å²) < 4.78 is 0. The predicted octanol–water partition coefficient (Wildman–Crippen LogP) is 4.18. The molecule has 0 aromatic carbocycles. The second-order valence-electron chi connectivity index (χ2n) is 6.80. The van der Waals surface area contributed by atoms with E-state index in [0.29, 0.717) is 12.4 Å². The molecule has 0 fully saturated rings. The maximum Gasteiger partial charge on any atom is 0.255 e. The Bertz CT molecular complexity index is 1150. The highest BCUT2D eigenvalue weighted by Gasteiger charge is 2.22. The van der Waals surface area contributed by atoms with Crippen LogP contribution < -0.4 is 5.56 Å². The molecule has 0 amide bonds. The van der Waals surface area contributed by atoms with Crippen LogP contribution >= 0.6 is 22.7 Å². The van der Waals surface area contributed by atoms with Gasteiger partial charge in [0.05, 0.1) is 21.8 Å². The van der Waals surface area contributed by atoms with Gasteiger partial charge in [-0.3, -0.25) is 14.7 Å². The summed E-state index contributed by atoms with van der Waals surface area (Å²) in [7, 11) is 0. The molecule has 5 rings (SSSR count). The van der Waals surface area contributed by atoms with E-state index in [2.05, 4.69) is 37.8 Å². The summed E-state index contributed by atoms with van der Waals surface area (Å²) in [5.74, 6) is 0.680. The first-order valence-electron chi connectivity index (χ1n) is 9.13. The molecule has 0 saturated heterocycles. The largest absolute Gasteiger partial charge is 0.306 e. The monoisotopic (exact) mass is 406 g/mol. The topological polar surface area (TPSA) is 61.9 Å². The molecule has 0 atom stereocenters. The van der Waals surface area contributed by atoms with Crippen LogP contribution in [0.4, 0.5) is 0 Å². The minimum absolute atomic E-state index is 0.0256. The normalized spacial score (nSPS) is 14.1. The van der Waals surface area contributed by atoms with Crippen molar-refractivity contribution in [3.8, 4) is 22.0 Å². The highest BCUT2D eigenvalue weighted by Crippen LogP contribution is 2.27. The van der Waals surface area contributed by atoms with Gasteiger partial charge in [-0.25, -0.2) is 4.98 Å². The molecule has 28 heavy (non-hydrogen) atoms. The molecule has 4 aromatic heterocycles. The summed E-state index contributed by atoms with van der Waals surface area (Å²) in [5, 5.41) is 6.19. The Hall–Kier alpha value is -2.61. The number of hydrogen-bond acceptors (Lipinski definition) is 6. The van der Waals surface area contributed by atoms with Crippen LogP contribution in [0.1, 0.15) is 16.8 Å². The lowest BCUT2D eigenvalue weighted by Crippen LogP contribution is -2.35. The van der Waals surface area contributed by atoms with Gasteiger partial charge >= 0.3 is 0 Å². The van der Waals surface area contributed by atoms with Gasteiger partial charge in [0.15, 0.2) is 5.82 Å². The maximum absolute atomic E-state index is 12.7. The number of rotatable bonds is 4. The second kappa shape index (κ2) is 7.43. The van der Waals surface area contributed by atoms with Crippen molar-refractivity contribution in [1.29, 1.82) is 0 Å². The molecule has 0 bridgehead atoms. The number of pyridine rings is 1. The summed E-state index contributed by atoms with van der Waals surface area (Å²) in [5.41, 5.74) is 5.04. The first-order valence-corrected chi connectivity index (χ1v) is 10.9. The third kappa shape index (κ3) is 3.32. The summed E-state index contributed by atoms with van der Waals surface area (Å²) in [6, 6.07) is 10.2. The van der Waals surface area contributed by atoms with E-state index in [0.717, 1.165) is 46.9 Å². The van der Waals surface area contributed by atoms with Gasteiger partial charge in [-0.2, -0.15) is 11.3 Å². The van der Waals surface area contributed by atoms with Gasteiger partial charge in [-0.15, -0.1) is 11.3 Å². The van der Waals surface area contributed by atoms with E-state index in [4.69, 9.17) is 4.98 Å². The van der Waals surface area contributed by atoms with E-state index in [1.165, 1.54) is 5.56 Å². The average Bonchev–Trinajstić information content (AvgIpc) is 3.43. The molecule has 0 unspecified atom stereocenters. The molecule has 7 heteroatoms. The third-order valence-corrected chi connectivity index (χ3v) is 6.54. The molecule has 1 N–H and O–H groups in total. The Morgan fingerprint density at radius 1 is 1.18 bits per heavy atom. The Balaban J connectivity index is 1.41. The minimum atomic E-state index is -0.0256. The fourth-order valence-corrected chi connectivity index (χ4v) is 4.92. The van der Waals surface area contributed by atoms with Gasteiger partial charge in [0, 0.05) is 43.2 Å². The molecule has 1 aliphatic rings. The third-order valence-electron chi connectivity index (χ3n) is 4.98. The molecule has 1 aliphatic heterocycles. The molecule has 0 aliphatic carbocycles. The van der Waals surface area contributed by atoms with Crippen LogP contribution in [0.3, 0.4) is 0 Å². The zero-order chi connectivity index (χ0) is 18.9. The fourth-order valence-electron chi connectivity index (χ4n) is 3.61. The summed E-state index contributed by atoms with van der Waals surface area (Å²) in [6.07, 6.45) is 2.62. The number of fused-ring (bicyclic) bond motifs is 1. The van der Waals surface area contributed by atoms with E-state index in [1.54, 1.807) is 22.7 Å². The number of aromatic amines is 1. The predicted molar refractivity (Wildman–Crippen MR) is 114 cm³/mol. The summed E-state index contributed by atoms with van der Waals surface area (Å²) in [6.45, 7) is 2.26. The Kier molecular flexibility index (Phi) is 4.64. The van der Waals surface area contributed by atoms with Crippen molar-refractivity contribution in [1.82, 2.24) is 19.9 Å². The van der Waals surface area contributed by atoms with Crippen LogP contribution in [0.25, 0.3) is 22.0 Å². The molecular formula is C21H18N4OS2. The average molecular weight is 407 g/mol. The van der Waals surface area contributed by atoms with Gasteiger partial charge in [0.2, 0.25) is 0 Å². The zero-order valence-corrected chi connectivity index (χ0v) is 16.7. The Morgan fingerprint density at radius 2 is 2.14 bits per heavy atom. The molecule has 5 heterocycles. The lowest BCUT2D eigenvalue weighted by molar-refractivity contribution is 0.242. The van der Waals surface area contributed by atoms with Gasteiger partial charge < -0.3 is 4.98 Å². The van der Waals surface area contributed by atoms with Crippen molar-refractivity contribution in [2.45, 2.75) is 19.5 Å². The number of aromatic nitrogens is 3. The fraction of sp³-hybridized carbons (Fsp3) is 0.190.